The van der Waals surface area contributed by atoms with Gasteiger partial charge in [-0.25, -0.2) is 15.1 Å². The number of fused-ring (bicyclic) bond motifs is 3. The van der Waals surface area contributed by atoms with Crippen LogP contribution in [0, 0.1) is 11.8 Å². The van der Waals surface area contributed by atoms with E-state index >= 15 is 0 Å². The summed E-state index contributed by atoms with van der Waals surface area (Å²) in [6.45, 7) is -0.606. The van der Waals surface area contributed by atoms with E-state index in [-0.39, 0.29) is 19.1 Å². The molecule has 1 aliphatic carbocycles. The van der Waals surface area contributed by atoms with Crippen molar-refractivity contribution >= 4 is 18.0 Å². The lowest BCUT2D eigenvalue weighted by Crippen LogP contribution is -2.27. The summed E-state index contributed by atoms with van der Waals surface area (Å²) in [5.74, 6) is 2.47. The Kier molecular flexibility index (Phi) is 6.45. The van der Waals surface area contributed by atoms with Crippen molar-refractivity contribution in [1.29, 1.82) is 0 Å². The topological polar surface area (TPSA) is 114 Å². The van der Waals surface area contributed by atoms with Crippen LogP contribution in [0.5, 0.6) is 0 Å². The van der Waals surface area contributed by atoms with Gasteiger partial charge in [0.1, 0.15) is 6.61 Å². The summed E-state index contributed by atoms with van der Waals surface area (Å²) < 4.78 is 5.33. The predicted octanol–water partition coefficient (Wildman–Crippen LogP) is 1.66. The number of hydrogen-bond acceptors (Lipinski definition) is 5. The molecule has 0 atom stereocenters. The molecule has 0 heterocycles. The zero-order valence-electron chi connectivity index (χ0n) is 15.3. The third-order valence-corrected chi connectivity index (χ3v) is 4.23. The van der Waals surface area contributed by atoms with Gasteiger partial charge in [0, 0.05) is 5.92 Å². The van der Waals surface area contributed by atoms with Crippen LogP contribution in [0.1, 0.15) is 17.0 Å². The predicted molar refractivity (Wildman–Crippen MR) is 103 cm³/mol. The van der Waals surface area contributed by atoms with E-state index in [1.165, 1.54) is 0 Å². The largest absolute Gasteiger partial charge is 0.479 e. The minimum absolute atomic E-state index is 0.0450. The Morgan fingerprint density at radius 3 is 2.24 bits per heavy atom. The van der Waals surface area contributed by atoms with E-state index < -0.39 is 24.6 Å². The molecule has 29 heavy (non-hydrogen) atoms. The van der Waals surface area contributed by atoms with Crippen LogP contribution >= 0.6 is 0 Å². The third-order valence-electron chi connectivity index (χ3n) is 4.23. The van der Waals surface area contributed by atoms with E-state index in [0.717, 1.165) is 22.3 Å². The Morgan fingerprint density at radius 1 is 1.00 bits per heavy atom. The van der Waals surface area contributed by atoms with Crippen LogP contribution in [0.4, 0.5) is 4.79 Å². The zero-order chi connectivity index (χ0) is 20.6. The normalized spacial score (nSPS) is 11.4. The van der Waals surface area contributed by atoms with E-state index in [1.54, 1.807) is 0 Å². The zero-order valence-corrected chi connectivity index (χ0v) is 15.3. The van der Waals surface area contributed by atoms with Gasteiger partial charge in [-0.1, -0.05) is 54.5 Å². The van der Waals surface area contributed by atoms with E-state index in [4.69, 9.17) is 9.84 Å². The molecule has 0 radical (unpaired) electrons. The molecule has 148 valence electrons. The van der Waals surface area contributed by atoms with Crippen molar-refractivity contribution in [2.75, 3.05) is 19.8 Å². The number of rotatable bonds is 6. The van der Waals surface area contributed by atoms with Crippen LogP contribution in [0.2, 0.25) is 0 Å². The quantitative estimate of drug-likeness (QED) is 0.507. The maximum atomic E-state index is 11.9. The number of carbonyl (C=O) groups is 3. The molecule has 0 saturated heterocycles. The van der Waals surface area contributed by atoms with Gasteiger partial charge in [-0.2, -0.15) is 0 Å². The van der Waals surface area contributed by atoms with Gasteiger partial charge in [0.15, 0.2) is 6.61 Å². The molecular formula is C21H18N2O6. The molecule has 3 N–H and O–H groups in total. The first-order valence-electron chi connectivity index (χ1n) is 8.77. The van der Waals surface area contributed by atoms with Crippen molar-refractivity contribution in [2.45, 2.75) is 5.92 Å². The summed E-state index contributed by atoms with van der Waals surface area (Å²) >= 11 is 0. The summed E-state index contributed by atoms with van der Waals surface area (Å²) in [6, 6.07) is 16.0. The fraction of sp³-hybridized carbons (Fsp3) is 0.190. The standard InChI is InChI=1S/C21H18N2O6/c24-19(23-29-13-20(25)26)10-5-11-22-21(27)28-12-18-16-8-3-1-6-14(16)15-7-2-4-9-17(15)18/h1-4,6-9,18H,11-13H2,(H,22,27)(H,23,24)(H,25,26). The molecule has 0 fully saturated rings. The second-order valence-corrected chi connectivity index (χ2v) is 6.09. The number of amides is 2. The molecule has 2 amide bonds. The molecule has 0 aliphatic heterocycles. The Labute approximate surface area is 166 Å². The van der Waals surface area contributed by atoms with Crippen LogP contribution in [0.3, 0.4) is 0 Å². The summed E-state index contributed by atoms with van der Waals surface area (Å²) in [4.78, 5) is 37.8. The summed E-state index contributed by atoms with van der Waals surface area (Å²) in [6.07, 6.45) is -0.649. The van der Waals surface area contributed by atoms with Crippen molar-refractivity contribution < 1.29 is 29.1 Å². The van der Waals surface area contributed by atoms with E-state index in [0.29, 0.717) is 0 Å². The maximum Gasteiger partial charge on any atom is 0.407 e. The van der Waals surface area contributed by atoms with E-state index in [9.17, 15) is 14.4 Å². The highest BCUT2D eigenvalue weighted by molar-refractivity contribution is 5.92. The Balaban J connectivity index is 1.48. The number of carboxylic acids is 1. The van der Waals surface area contributed by atoms with Crippen LogP contribution in [-0.4, -0.2) is 42.8 Å². The van der Waals surface area contributed by atoms with Gasteiger partial charge in [-0.05, 0) is 28.2 Å². The second-order valence-electron chi connectivity index (χ2n) is 6.09. The molecule has 2 aromatic carbocycles. The Bertz CT molecular complexity index is 946. The number of alkyl carbamates (subject to hydrolysis) is 1. The monoisotopic (exact) mass is 394 g/mol. The van der Waals surface area contributed by atoms with E-state index in [2.05, 4.69) is 34.1 Å². The first-order valence-corrected chi connectivity index (χ1v) is 8.77. The summed E-state index contributed by atoms with van der Waals surface area (Å²) in [7, 11) is 0. The molecule has 0 bridgehead atoms. The van der Waals surface area contributed by atoms with Crippen LogP contribution in [-0.2, 0) is 19.2 Å². The highest BCUT2D eigenvalue weighted by Gasteiger charge is 2.28. The van der Waals surface area contributed by atoms with Crippen molar-refractivity contribution in [3.05, 3.63) is 59.7 Å². The summed E-state index contributed by atoms with van der Waals surface area (Å²) in [5, 5.41) is 10.8. The number of benzene rings is 2. The number of hydroxylamine groups is 1. The number of ether oxygens (including phenoxy) is 1. The smallest absolute Gasteiger partial charge is 0.407 e. The highest BCUT2D eigenvalue weighted by Crippen LogP contribution is 2.44. The number of hydrogen-bond donors (Lipinski definition) is 3. The number of carbonyl (C=O) groups excluding carboxylic acids is 2. The van der Waals surface area contributed by atoms with Crippen molar-refractivity contribution in [3.63, 3.8) is 0 Å². The Morgan fingerprint density at radius 2 is 1.62 bits per heavy atom. The third kappa shape index (κ3) is 5.12. The van der Waals surface area contributed by atoms with Gasteiger partial charge in [-0.15, -0.1) is 0 Å². The van der Waals surface area contributed by atoms with Gasteiger partial charge in [-0.3, -0.25) is 9.63 Å². The molecule has 0 saturated carbocycles. The van der Waals surface area contributed by atoms with Crippen LogP contribution < -0.4 is 10.8 Å². The molecule has 8 heteroatoms. The molecule has 0 spiro atoms. The Hall–Kier alpha value is -3.83. The SMILES string of the molecule is O=C(O)CONC(=O)C#CCNC(=O)OCC1c2ccccc2-c2ccccc21. The summed E-state index contributed by atoms with van der Waals surface area (Å²) in [5.41, 5.74) is 6.34. The highest BCUT2D eigenvalue weighted by atomic mass is 16.7. The van der Waals surface area contributed by atoms with Crippen LogP contribution in [0.15, 0.2) is 48.5 Å². The molecule has 0 unspecified atom stereocenters. The van der Waals surface area contributed by atoms with Gasteiger partial charge in [0.05, 0.1) is 6.54 Å². The lowest BCUT2D eigenvalue weighted by atomic mass is 9.98. The van der Waals surface area contributed by atoms with Gasteiger partial charge >= 0.3 is 18.0 Å². The molecule has 3 rings (SSSR count). The molecule has 2 aromatic rings. The first-order chi connectivity index (χ1) is 14.1. The minimum atomic E-state index is -1.23. The average Bonchev–Trinajstić information content (AvgIpc) is 3.03. The molecular weight excluding hydrogens is 376 g/mol. The maximum absolute atomic E-state index is 11.9. The van der Waals surface area contributed by atoms with Gasteiger partial charge in [0.2, 0.25) is 0 Å². The number of aliphatic carboxylic acids is 1. The van der Waals surface area contributed by atoms with Crippen molar-refractivity contribution in [2.24, 2.45) is 0 Å². The van der Waals surface area contributed by atoms with Crippen molar-refractivity contribution in [3.8, 4) is 23.0 Å². The van der Waals surface area contributed by atoms with Crippen molar-refractivity contribution in [1.82, 2.24) is 10.8 Å². The fourth-order valence-corrected chi connectivity index (χ4v) is 3.08. The number of nitrogens with one attached hydrogen (secondary N) is 2. The fourth-order valence-electron chi connectivity index (χ4n) is 3.08. The second kappa shape index (κ2) is 9.39. The van der Waals surface area contributed by atoms with Gasteiger partial charge < -0.3 is 15.2 Å². The van der Waals surface area contributed by atoms with Crippen LogP contribution in [0.25, 0.3) is 11.1 Å². The lowest BCUT2D eigenvalue weighted by molar-refractivity contribution is -0.147. The molecule has 0 aromatic heterocycles. The molecule has 1 aliphatic rings. The molecule has 8 nitrogen and oxygen atoms in total. The minimum Gasteiger partial charge on any atom is -0.479 e. The van der Waals surface area contributed by atoms with Gasteiger partial charge in [0.25, 0.3) is 0 Å². The van der Waals surface area contributed by atoms with E-state index in [1.807, 2.05) is 41.9 Å². The lowest BCUT2D eigenvalue weighted by Gasteiger charge is -2.14. The average molecular weight is 394 g/mol. The first kappa shape index (κ1) is 19.9. The number of carboxylic acid groups (broad SMARTS) is 1.